The molecule has 0 saturated carbocycles. The fourth-order valence-electron chi connectivity index (χ4n) is 1.80. The van der Waals surface area contributed by atoms with Crippen molar-refractivity contribution in [1.82, 2.24) is 5.06 Å². The molecule has 2 aliphatic rings. The van der Waals surface area contributed by atoms with E-state index in [9.17, 15) is 19.2 Å². The number of nitrogens with zero attached hydrogens (tertiary/aromatic N) is 1. The highest BCUT2D eigenvalue weighted by Gasteiger charge is 2.43. The van der Waals surface area contributed by atoms with Crippen molar-refractivity contribution in [3.63, 3.8) is 0 Å². The van der Waals surface area contributed by atoms with E-state index in [-0.39, 0.29) is 12.8 Å². The Bertz CT molecular complexity index is 440. The zero-order chi connectivity index (χ0) is 14.2. The van der Waals surface area contributed by atoms with Crippen molar-refractivity contribution < 1.29 is 33.5 Å². The third-order valence-corrected chi connectivity index (χ3v) is 2.59. The van der Waals surface area contributed by atoms with Crippen molar-refractivity contribution >= 4 is 23.8 Å². The number of hydrogen-bond donors (Lipinski definition) is 0. The van der Waals surface area contributed by atoms with Gasteiger partial charge in [-0.1, -0.05) is 0 Å². The van der Waals surface area contributed by atoms with E-state index >= 15 is 0 Å². The second kappa shape index (κ2) is 4.61. The fraction of sp³-hybridized carbons (Fsp3) is 0.636. The number of carbonyl (C=O) groups excluding carboxylic acids is 4. The van der Waals surface area contributed by atoms with Gasteiger partial charge in [-0.25, -0.2) is 9.59 Å². The first kappa shape index (κ1) is 13.5. The Hall–Kier alpha value is -1.96. The Balaban J connectivity index is 1.90. The molecule has 0 radical (unpaired) electrons. The van der Waals surface area contributed by atoms with Crippen molar-refractivity contribution in [3.8, 4) is 0 Å². The Morgan fingerprint density at radius 3 is 2.37 bits per heavy atom. The van der Waals surface area contributed by atoms with Crippen molar-refractivity contribution in [2.45, 2.75) is 45.0 Å². The van der Waals surface area contributed by atoms with Crippen LogP contribution in [0.15, 0.2) is 0 Å². The third kappa shape index (κ3) is 2.90. The summed E-state index contributed by atoms with van der Waals surface area (Å²) in [4.78, 5) is 50.0. The molecule has 0 aromatic heterocycles. The summed E-state index contributed by atoms with van der Waals surface area (Å²) in [6.45, 7) is 3.06. The van der Waals surface area contributed by atoms with Crippen LogP contribution in [0.1, 0.15) is 33.1 Å². The molecule has 0 spiro atoms. The summed E-state index contributed by atoms with van der Waals surface area (Å²) in [6.07, 6.45) is -1.48. The average molecular weight is 271 g/mol. The van der Waals surface area contributed by atoms with Gasteiger partial charge in [0.25, 0.3) is 11.8 Å². The first-order valence-corrected chi connectivity index (χ1v) is 5.76. The number of amides is 2. The van der Waals surface area contributed by atoms with E-state index in [1.807, 2.05) is 0 Å². The molecular weight excluding hydrogens is 258 g/mol. The molecular formula is C11H13NO7. The van der Waals surface area contributed by atoms with Gasteiger partial charge in [0.15, 0.2) is 6.10 Å². The predicted octanol–water partition coefficient (Wildman–Crippen LogP) is -0.338. The molecule has 2 aliphatic heterocycles. The van der Waals surface area contributed by atoms with E-state index in [1.54, 1.807) is 0 Å². The van der Waals surface area contributed by atoms with Gasteiger partial charge < -0.3 is 14.3 Å². The largest absolute Gasteiger partial charge is 0.432 e. The molecule has 0 N–H and O–H groups in total. The van der Waals surface area contributed by atoms with Gasteiger partial charge in [-0.3, -0.25) is 9.59 Å². The second-order valence-electron chi connectivity index (χ2n) is 4.68. The summed E-state index contributed by atoms with van der Waals surface area (Å²) >= 11 is 0. The van der Waals surface area contributed by atoms with E-state index in [1.165, 1.54) is 13.8 Å². The molecule has 8 nitrogen and oxygen atoms in total. The first-order chi connectivity index (χ1) is 8.78. The molecule has 19 heavy (non-hydrogen) atoms. The van der Waals surface area contributed by atoms with Gasteiger partial charge in [-0.05, 0) is 0 Å². The Kier molecular flexibility index (Phi) is 3.27. The maximum absolute atomic E-state index is 11.5. The van der Waals surface area contributed by atoms with Gasteiger partial charge in [0, 0.05) is 26.7 Å². The molecule has 2 fully saturated rings. The van der Waals surface area contributed by atoms with Crippen LogP contribution in [0.2, 0.25) is 0 Å². The summed E-state index contributed by atoms with van der Waals surface area (Å²) in [5.74, 6) is -3.83. The number of hydrogen-bond acceptors (Lipinski definition) is 7. The summed E-state index contributed by atoms with van der Waals surface area (Å²) in [6, 6.07) is 0. The van der Waals surface area contributed by atoms with Crippen molar-refractivity contribution in [2.24, 2.45) is 0 Å². The topological polar surface area (TPSA) is 99.2 Å². The van der Waals surface area contributed by atoms with Gasteiger partial charge in [-0.2, -0.15) is 0 Å². The van der Waals surface area contributed by atoms with Crippen LogP contribution in [0.25, 0.3) is 0 Å². The lowest BCUT2D eigenvalue weighted by atomic mass is 10.2. The van der Waals surface area contributed by atoms with Gasteiger partial charge in [0.05, 0.1) is 6.42 Å². The molecule has 2 rings (SSSR count). The van der Waals surface area contributed by atoms with Crippen LogP contribution in [-0.4, -0.2) is 40.7 Å². The fourth-order valence-corrected chi connectivity index (χ4v) is 1.80. The minimum atomic E-state index is -1.10. The summed E-state index contributed by atoms with van der Waals surface area (Å²) < 4.78 is 10.0. The molecule has 104 valence electrons. The summed E-state index contributed by atoms with van der Waals surface area (Å²) in [7, 11) is 0. The van der Waals surface area contributed by atoms with Gasteiger partial charge in [0.1, 0.15) is 0 Å². The van der Waals surface area contributed by atoms with Crippen LogP contribution in [-0.2, 0) is 33.5 Å². The normalized spacial score (nSPS) is 25.7. The maximum Gasteiger partial charge on any atom is 0.338 e. The van der Waals surface area contributed by atoms with Crippen LogP contribution < -0.4 is 0 Å². The zero-order valence-electron chi connectivity index (χ0n) is 10.5. The first-order valence-electron chi connectivity index (χ1n) is 5.76. The molecule has 2 amide bonds. The van der Waals surface area contributed by atoms with Gasteiger partial charge in [-0.15, -0.1) is 5.06 Å². The number of cyclic esters (lactones) is 1. The van der Waals surface area contributed by atoms with E-state index in [0.29, 0.717) is 5.06 Å². The van der Waals surface area contributed by atoms with Crippen LogP contribution in [0.4, 0.5) is 0 Å². The number of hydroxylamine groups is 2. The number of carbonyl (C=O) groups is 4. The summed E-state index contributed by atoms with van der Waals surface area (Å²) in [5.41, 5.74) is 0. The van der Waals surface area contributed by atoms with Crippen LogP contribution >= 0.6 is 0 Å². The minimum Gasteiger partial charge on any atom is -0.432 e. The number of esters is 1. The highest BCUT2D eigenvalue weighted by atomic mass is 16.8. The molecule has 2 saturated heterocycles. The second-order valence-corrected chi connectivity index (χ2v) is 4.68. The molecule has 1 unspecified atom stereocenters. The highest BCUT2D eigenvalue weighted by Crippen LogP contribution is 2.26. The Labute approximate surface area is 108 Å². The number of rotatable bonds is 3. The van der Waals surface area contributed by atoms with E-state index in [0.717, 1.165) is 0 Å². The number of ether oxygens (including phenoxy) is 2. The van der Waals surface area contributed by atoms with Crippen LogP contribution in [0, 0.1) is 0 Å². The van der Waals surface area contributed by atoms with Crippen molar-refractivity contribution in [2.75, 3.05) is 0 Å². The lowest BCUT2D eigenvalue weighted by Crippen LogP contribution is -2.34. The monoisotopic (exact) mass is 271 g/mol. The molecule has 0 aromatic carbocycles. The lowest BCUT2D eigenvalue weighted by Gasteiger charge is -2.16. The molecule has 0 aromatic rings. The predicted molar refractivity (Wildman–Crippen MR) is 56.8 cm³/mol. The van der Waals surface area contributed by atoms with Crippen molar-refractivity contribution in [3.05, 3.63) is 0 Å². The Morgan fingerprint density at radius 2 is 1.89 bits per heavy atom. The molecule has 0 aliphatic carbocycles. The lowest BCUT2D eigenvalue weighted by molar-refractivity contribution is -0.200. The standard InChI is InChI=1S/C11H13NO7/c1-11(2)17-6(10(16)18-11)5-9(15)19-12-7(13)3-4-8(12)14/h6H,3-5H2,1-2H3. The zero-order valence-corrected chi connectivity index (χ0v) is 10.5. The molecule has 1 atom stereocenters. The Morgan fingerprint density at radius 1 is 1.32 bits per heavy atom. The van der Waals surface area contributed by atoms with Gasteiger partial charge >= 0.3 is 11.9 Å². The van der Waals surface area contributed by atoms with Crippen LogP contribution in [0.3, 0.4) is 0 Å². The van der Waals surface area contributed by atoms with Crippen molar-refractivity contribution in [1.29, 1.82) is 0 Å². The number of imide groups is 1. The van der Waals surface area contributed by atoms with E-state index in [2.05, 4.69) is 4.84 Å². The highest BCUT2D eigenvalue weighted by molar-refractivity contribution is 6.01. The SMILES string of the molecule is CC1(C)OC(=O)C(CC(=O)ON2C(=O)CCC2=O)O1. The molecule has 8 heteroatoms. The maximum atomic E-state index is 11.5. The average Bonchev–Trinajstić information content (AvgIpc) is 2.71. The molecule has 2 heterocycles. The summed E-state index contributed by atoms with van der Waals surface area (Å²) in [5, 5.41) is 0.424. The third-order valence-electron chi connectivity index (χ3n) is 2.59. The van der Waals surface area contributed by atoms with Crippen LogP contribution in [0.5, 0.6) is 0 Å². The smallest absolute Gasteiger partial charge is 0.338 e. The van der Waals surface area contributed by atoms with Gasteiger partial charge in [0.2, 0.25) is 5.79 Å². The molecule has 0 bridgehead atoms. The quantitative estimate of drug-likeness (QED) is 0.511. The minimum absolute atomic E-state index is 0.0150. The van der Waals surface area contributed by atoms with E-state index < -0.39 is 42.1 Å². The van der Waals surface area contributed by atoms with E-state index in [4.69, 9.17) is 9.47 Å².